The van der Waals surface area contributed by atoms with Crippen molar-refractivity contribution in [3.8, 4) is 0 Å². The number of hydrazone groups is 1. The molecule has 3 N–H and O–H groups in total. The fraction of sp³-hybridized carbons (Fsp3) is 0.125. The lowest BCUT2D eigenvalue weighted by molar-refractivity contribution is -0.122. The molecular formula is C32H23FN4O3. The number of nitrogens with one attached hydrogen (secondary N) is 1. The fourth-order valence-corrected chi connectivity index (χ4v) is 6.85. The van der Waals surface area contributed by atoms with Crippen LogP contribution in [0.3, 0.4) is 0 Å². The second-order valence-electron chi connectivity index (χ2n) is 10.3. The zero-order valence-corrected chi connectivity index (χ0v) is 21.1. The molecule has 4 aromatic rings. The molecule has 1 heterocycles. The van der Waals surface area contributed by atoms with Crippen molar-refractivity contribution in [1.29, 1.82) is 0 Å². The first-order valence-corrected chi connectivity index (χ1v) is 12.9. The van der Waals surface area contributed by atoms with Crippen LogP contribution >= 0.6 is 0 Å². The molecule has 40 heavy (non-hydrogen) atoms. The van der Waals surface area contributed by atoms with Gasteiger partial charge in [0.2, 0.25) is 11.8 Å². The summed E-state index contributed by atoms with van der Waals surface area (Å²) >= 11 is 0. The molecule has 0 unspecified atom stereocenters. The minimum Gasteiger partial charge on any atom is -0.398 e. The first kappa shape index (κ1) is 24.0. The molecule has 4 aliphatic rings. The van der Waals surface area contributed by atoms with Crippen molar-refractivity contribution in [2.75, 3.05) is 10.6 Å². The van der Waals surface area contributed by atoms with E-state index in [2.05, 4.69) is 10.5 Å². The van der Waals surface area contributed by atoms with Crippen molar-refractivity contribution in [1.82, 2.24) is 5.43 Å². The number of imide groups is 1. The Balaban J connectivity index is 1.41. The lowest BCUT2D eigenvalue weighted by Crippen LogP contribution is -2.54. The highest BCUT2D eigenvalue weighted by Crippen LogP contribution is 2.63. The average molecular weight is 531 g/mol. The topological polar surface area (TPSA) is 105 Å². The molecular weight excluding hydrogens is 507 g/mol. The Labute approximate surface area is 229 Å². The summed E-state index contributed by atoms with van der Waals surface area (Å²) in [5.41, 5.74) is 11.9. The highest BCUT2D eigenvalue weighted by molar-refractivity contribution is 6.25. The largest absolute Gasteiger partial charge is 0.398 e. The summed E-state index contributed by atoms with van der Waals surface area (Å²) in [4.78, 5) is 42.5. The number of amides is 3. The van der Waals surface area contributed by atoms with E-state index < -0.39 is 29.0 Å². The van der Waals surface area contributed by atoms with E-state index in [1.54, 1.807) is 30.5 Å². The number of nitrogens with zero attached hydrogens (tertiary/aromatic N) is 2. The smallest absolute Gasteiger partial charge is 0.273 e. The van der Waals surface area contributed by atoms with Gasteiger partial charge in [-0.15, -0.1) is 0 Å². The number of halogens is 1. The Hall–Kier alpha value is -5.11. The van der Waals surface area contributed by atoms with Gasteiger partial charge < -0.3 is 5.73 Å². The van der Waals surface area contributed by atoms with Crippen molar-refractivity contribution < 1.29 is 18.8 Å². The molecule has 1 saturated heterocycles. The molecule has 0 spiro atoms. The summed E-state index contributed by atoms with van der Waals surface area (Å²) in [6, 6.07) is 27.5. The Morgan fingerprint density at radius 1 is 0.850 bits per heavy atom. The third kappa shape index (κ3) is 3.16. The molecule has 3 aliphatic carbocycles. The van der Waals surface area contributed by atoms with E-state index in [4.69, 9.17) is 5.73 Å². The monoisotopic (exact) mass is 530 g/mol. The Morgan fingerprint density at radius 3 is 2.10 bits per heavy atom. The molecule has 1 aliphatic heterocycles. The number of anilines is 2. The van der Waals surface area contributed by atoms with Gasteiger partial charge in [-0.2, -0.15) is 5.10 Å². The highest BCUT2D eigenvalue weighted by Gasteiger charge is 2.68. The van der Waals surface area contributed by atoms with Crippen LogP contribution in [-0.2, 0) is 15.0 Å². The van der Waals surface area contributed by atoms with Crippen LogP contribution in [-0.4, -0.2) is 23.9 Å². The second kappa shape index (κ2) is 8.71. The summed E-state index contributed by atoms with van der Waals surface area (Å²) in [5.74, 6) is -3.53. The SMILES string of the molecule is Nc1ccccc1C(=O)N/N=C\C12c3ccccc3C(c3ccccc31)[C@@H]1C(=O)N(c3ccc(F)cc3)C(=O)[C@H]12. The van der Waals surface area contributed by atoms with E-state index in [9.17, 15) is 18.8 Å². The molecule has 1 fully saturated rings. The lowest BCUT2D eigenvalue weighted by atomic mass is 9.47. The summed E-state index contributed by atoms with van der Waals surface area (Å²) < 4.78 is 13.7. The van der Waals surface area contributed by atoms with Gasteiger partial charge >= 0.3 is 0 Å². The van der Waals surface area contributed by atoms with Crippen LogP contribution in [0.5, 0.6) is 0 Å². The van der Waals surface area contributed by atoms with Gasteiger partial charge in [0.1, 0.15) is 5.82 Å². The summed E-state index contributed by atoms with van der Waals surface area (Å²) in [7, 11) is 0. The maximum absolute atomic E-state index is 14.3. The normalized spacial score (nSPS) is 24.1. The highest BCUT2D eigenvalue weighted by atomic mass is 19.1. The van der Waals surface area contributed by atoms with Crippen LogP contribution < -0.4 is 16.1 Å². The fourth-order valence-electron chi connectivity index (χ4n) is 6.85. The first-order chi connectivity index (χ1) is 19.4. The van der Waals surface area contributed by atoms with Gasteiger partial charge in [0.05, 0.1) is 28.5 Å². The molecule has 8 heteroatoms. The Kier molecular flexibility index (Phi) is 5.22. The van der Waals surface area contributed by atoms with Crippen LogP contribution in [0.4, 0.5) is 15.8 Å². The van der Waals surface area contributed by atoms with Crippen LogP contribution in [0, 0.1) is 17.7 Å². The third-order valence-corrected chi connectivity index (χ3v) is 8.41. The zero-order valence-electron chi connectivity index (χ0n) is 21.1. The minimum atomic E-state index is -1.14. The standard InChI is InChI=1S/C32H23FN4O3/c33-18-13-15-19(16-14-18)37-30(39)27-26-20-7-1-4-10-23(20)32(28(27)31(37)40,24-11-5-2-8-21(24)26)17-35-36-29(38)22-9-3-6-12-25(22)34/h1-17,26-28H,34H2,(H,36,38)/b35-17-/t26?,27-,28-,32?/m0/s1. The number of nitrogens with two attached hydrogens (primary N) is 1. The molecule has 4 aromatic carbocycles. The molecule has 0 radical (unpaired) electrons. The summed E-state index contributed by atoms with van der Waals surface area (Å²) in [6.07, 6.45) is 1.59. The number of nitrogen functional groups attached to an aromatic ring is 1. The van der Waals surface area contributed by atoms with Crippen LogP contribution in [0.15, 0.2) is 102 Å². The van der Waals surface area contributed by atoms with E-state index >= 15 is 0 Å². The van der Waals surface area contributed by atoms with Gasteiger partial charge in [-0.05, 0) is 58.7 Å². The van der Waals surface area contributed by atoms with Gasteiger partial charge in [0, 0.05) is 17.8 Å². The first-order valence-electron chi connectivity index (χ1n) is 12.9. The predicted octanol–water partition coefficient (Wildman–Crippen LogP) is 4.37. The number of carbonyl (C=O) groups excluding carboxylic acids is 3. The van der Waals surface area contributed by atoms with Crippen molar-refractivity contribution in [3.05, 3.63) is 131 Å². The van der Waals surface area contributed by atoms with E-state index in [0.29, 0.717) is 11.4 Å². The van der Waals surface area contributed by atoms with Crippen LogP contribution in [0.25, 0.3) is 0 Å². The maximum Gasteiger partial charge on any atom is 0.273 e. The Morgan fingerprint density at radius 2 is 1.45 bits per heavy atom. The molecule has 2 bridgehead atoms. The van der Waals surface area contributed by atoms with Crippen molar-refractivity contribution >= 4 is 35.3 Å². The van der Waals surface area contributed by atoms with E-state index in [0.717, 1.165) is 22.3 Å². The lowest BCUT2D eigenvalue weighted by Gasteiger charge is -2.52. The molecule has 0 aromatic heterocycles. The van der Waals surface area contributed by atoms with Crippen LogP contribution in [0.2, 0.25) is 0 Å². The summed E-state index contributed by atoms with van der Waals surface area (Å²) in [5, 5.41) is 4.40. The zero-order chi connectivity index (χ0) is 27.6. The minimum absolute atomic E-state index is 0.276. The molecule has 2 atom stereocenters. The van der Waals surface area contributed by atoms with E-state index in [1.807, 2.05) is 48.5 Å². The molecule has 8 rings (SSSR count). The van der Waals surface area contributed by atoms with Gasteiger partial charge in [-0.1, -0.05) is 60.7 Å². The maximum atomic E-state index is 14.3. The second-order valence-corrected chi connectivity index (χ2v) is 10.3. The van der Waals surface area contributed by atoms with E-state index in [1.165, 1.54) is 29.2 Å². The number of benzene rings is 4. The van der Waals surface area contributed by atoms with Gasteiger partial charge in [0.25, 0.3) is 5.91 Å². The number of rotatable bonds is 4. The number of carbonyl (C=O) groups is 3. The van der Waals surface area contributed by atoms with Crippen molar-refractivity contribution in [2.45, 2.75) is 11.3 Å². The summed E-state index contributed by atoms with van der Waals surface area (Å²) in [6.45, 7) is 0. The molecule has 7 nitrogen and oxygen atoms in total. The number of para-hydroxylation sites is 1. The van der Waals surface area contributed by atoms with Gasteiger partial charge in [-0.3, -0.25) is 14.4 Å². The predicted molar refractivity (Wildman–Crippen MR) is 148 cm³/mol. The van der Waals surface area contributed by atoms with Crippen molar-refractivity contribution in [3.63, 3.8) is 0 Å². The number of hydrogen-bond donors (Lipinski definition) is 2. The van der Waals surface area contributed by atoms with Gasteiger partial charge in [0.15, 0.2) is 0 Å². The number of hydrogen-bond acceptors (Lipinski definition) is 5. The van der Waals surface area contributed by atoms with Crippen LogP contribution in [0.1, 0.15) is 38.5 Å². The van der Waals surface area contributed by atoms with Gasteiger partial charge in [-0.25, -0.2) is 14.7 Å². The molecule has 196 valence electrons. The third-order valence-electron chi connectivity index (χ3n) is 8.41. The quantitative estimate of drug-likeness (QED) is 0.177. The van der Waals surface area contributed by atoms with Crippen molar-refractivity contribution in [2.24, 2.45) is 16.9 Å². The molecule has 3 amide bonds. The Bertz CT molecular complexity index is 1700. The van der Waals surface area contributed by atoms with E-state index in [-0.39, 0.29) is 23.3 Å². The average Bonchev–Trinajstić information content (AvgIpc) is 3.24. The molecule has 0 saturated carbocycles.